The first-order valence-electron chi connectivity index (χ1n) is 10.3. The Hall–Kier alpha value is -2.70. The number of carboxylic acid groups (broad SMARTS) is 1. The summed E-state index contributed by atoms with van der Waals surface area (Å²) in [6, 6.07) is 16.0. The van der Waals surface area contributed by atoms with E-state index in [2.05, 4.69) is 41.4 Å². The van der Waals surface area contributed by atoms with Gasteiger partial charge in [-0.2, -0.15) is 0 Å². The van der Waals surface area contributed by atoms with Crippen LogP contribution in [-0.2, 0) is 11.3 Å². The SMILES string of the molecule is CC(C)Oc1ccc(-c2cnc(-c3ccc(CN4CCCC4C(=O)O)cc3)s2)cc1. The molecule has 6 heteroatoms. The lowest BCUT2D eigenvalue weighted by atomic mass is 10.1. The second-order valence-electron chi connectivity index (χ2n) is 7.88. The van der Waals surface area contributed by atoms with E-state index in [1.54, 1.807) is 11.3 Å². The maximum absolute atomic E-state index is 11.4. The lowest BCUT2D eigenvalue weighted by molar-refractivity contribution is -0.142. The Balaban J connectivity index is 1.44. The number of nitrogens with zero attached hydrogens (tertiary/aromatic N) is 2. The molecule has 1 saturated heterocycles. The van der Waals surface area contributed by atoms with Crippen LogP contribution < -0.4 is 4.74 Å². The molecule has 0 aliphatic carbocycles. The van der Waals surface area contributed by atoms with E-state index in [9.17, 15) is 9.90 Å². The number of aromatic nitrogens is 1. The van der Waals surface area contributed by atoms with Crippen LogP contribution in [-0.4, -0.2) is 39.7 Å². The molecule has 1 unspecified atom stereocenters. The highest BCUT2D eigenvalue weighted by Gasteiger charge is 2.30. The number of ether oxygens (including phenoxy) is 1. The van der Waals surface area contributed by atoms with Crippen LogP contribution in [0.4, 0.5) is 0 Å². The molecular formula is C24H26N2O3S. The zero-order chi connectivity index (χ0) is 21.1. The quantitative estimate of drug-likeness (QED) is 0.559. The van der Waals surface area contributed by atoms with Gasteiger partial charge in [0.15, 0.2) is 0 Å². The van der Waals surface area contributed by atoms with Crippen LogP contribution >= 0.6 is 11.3 Å². The number of hydrogen-bond acceptors (Lipinski definition) is 5. The maximum atomic E-state index is 11.4. The van der Waals surface area contributed by atoms with Gasteiger partial charge < -0.3 is 9.84 Å². The molecule has 4 rings (SSSR count). The molecule has 1 N–H and O–H groups in total. The van der Waals surface area contributed by atoms with Crippen molar-refractivity contribution in [1.82, 2.24) is 9.88 Å². The van der Waals surface area contributed by atoms with E-state index in [1.165, 1.54) is 0 Å². The van der Waals surface area contributed by atoms with Gasteiger partial charge in [-0.15, -0.1) is 11.3 Å². The predicted molar refractivity (Wildman–Crippen MR) is 120 cm³/mol. The summed E-state index contributed by atoms with van der Waals surface area (Å²) in [7, 11) is 0. The summed E-state index contributed by atoms with van der Waals surface area (Å²) in [6.45, 7) is 5.55. The Bertz CT molecular complexity index is 996. The van der Waals surface area contributed by atoms with Crippen LogP contribution in [0, 0.1) is 0 Å². The topological polar surface area (TPSA) is 62.7 Å². The van der Waals surface area contributed by atoms with Crippen LogP contribution in [0.5, 0.6) is 5.75 Å². The fourth-order valence-electron chi connectivity index (χ4n) is 3.79. The molecule has 2 heterocycles. The smallest absolute Gasteiger partial charge is 0.320 e. The molecule has 30 heavy (non-hydrogen) atoms. The summed E-state index contributed by atoms with van der Waals surface area (Å²) in [4.78, 5) is 19.1. The van der Waals surface area contributed by atoms with E-state index in [4.69, 9.17) is 4.74 Å². The third-order valence-electron chi connectivity index (χ3n) is 5.25. The van der Waals surface area contributed by atoms with Crippen molar-refractivity contribution >= 4 is 17.3 Å². The molecule has 0 amide bonds. The molecule has 1 aromatic heterocycles. The minimum Gasteiger partial charge on any atom is -0.491 e. The van der Waals surface area contributed by atoms with Crippen LogP contribution in [0.1, 0.15) is 32.3 Å². The zero-order valence-corrected chi connectivity index (χ0v) is 18.1. The highest BCUT2D eigenvalue weighted by atomic mass is 32.1. The highest BCUT2D eigenvalue weighted by molar-refractivity contribution is 7.18. The Labute approximate surface area is 181 Å². The van der Waals surface area contributed by atoms with Crippen LogP contribution in [0.2, 0.25) is 0 Å². The number of carbonyl (C=O) groups is 1. The maximum Gasteiger partial charge on any atom is 0.320 e. The standard InChI is InChI=1S/C24H26N2O3S/c1-16(2)29-20-11-9-18(10-12-20)22-14-25-23(30-22)19-7-5-17(6-8-19)15-26-13-3-4-21(26)24(27)28/h5-12,14,16,21H,3-4,13,15H2,1-2H3,(H,27,28). The van der Waals surface area contributed by atoms with Crippen molar-refractivity contribution in [2.75, 3.05) is 6.54 Å². The molecule has 5 nitrogen and oxygen atoms in total. The molecule has 0 saturated carbocycles. The Kier molecular flexibility index (Phi) is 6.16. The van der Waals surface area contributed by atoms with E-state index < -0.39 is 5.97 Å². The van der Waals surface area contributed by atoms with E-state index >= 15 is 0 Å². The molecule has 1 fully saturated rings. The summed E-state index contributed by atoms with van der Waals surface area (Å²) in [5, 5.41) is 10.3. The van der Waals surface area contributed by atoms with Gasteiger partial charge in [0.25, 0.3) is 0 Å². The number of rotatable bonds is 7. The Morgan fingerprint density at radius 3 is 2.53 bits per heavy atom. The first-order chi connectivity index (χ1) is 14.5. The molecule has 0 spiro atoms. The third kappa shape index (κ3) is 4.71. The van der Waals surface area contributed by atoms with Crippen molar-refractivity contribution in [2.24, 2.45) is 0 Å². The van der Waals surface area contributed by atoms with Gasteiger partial charge >= 0.3 is 5.97 Å². The van der Waals surface area contributed by atoms with E-state index in [1.807, 2.05) is 37.1 Å². The second-order valence-corrected chi connectivity index (χ2v) is 8.91. The number of benzene rings is 2. The van der Waals surface area contributed by atoms with Crippen LogP contribution in [0.3, 0.4) is 0 Å². The minimum atomic E-state index is -0.719. The second kappa shape index (κ2) is 8.98. The Morgan fingerprint density at radius 2 is 1.87 bits per heavy atom. The van der Waals surface area contributed by atoms with Crippen molar-refractivity contribution in [3.05, 3.63) is 60.3 Å². The van der Waals surface area contributed by atoms with Gasteiger partial charge in [-0.25, -0.2) is 4.98 Å². The normalized spacial score (nSPS) is 16.8. The average molecular weight is 423 g/mol. The first-order valence-corrected chi connectivity index (χ1v) is 11.1. The monoisotopic (exact) mass is 422 g/mol. The summed E-state index contributed by atoms with van der Waals surface area (Å²) >= 11 is 1.66. The van der Waals surface area contributed by atoms with Gasteiger partial charge in [0.05, 0.1) is 11.0 Å². The van der Waals surface area contributed by atoms with Crippen LogP contribution in [0.15, 0.2) is 54.7 Å². The number of carboxylic acids is 1. The molecule has 1 aliphatic rings. The number of thiazole rings is 1. The van der Waals surface area contributed by atoms with Crippen LogP contribution in [0.25, 0.3) is 21.0 Å². The summed E-state index contributed by atoms with van der Waals surface area (Å²) in [5.74, 6) is 0.153. The fraction of sp³-hybridized carbons (Fsp3) is 0.333. The molecular weight excluding hydrogens is 396 g/mol. The van der Waals surface area contributed by atoms with Crippen molar-refractivity contribution in [3.8, 4) is 26.8 Å². The fourth-order valence-corrected chi connectivity index (χ4v) is 4.72. The molecule has 1 atom stereocenters. The Morgan fingerprint density at radius 1 is 1.17 bits per heavy atom. The van der Waals surface area contributed by atoms with Gasteiger partial charge in [0.2, 0.25) is 0 Å². The first kappa shape index (κ1) is 20.6. The summed E-state index contributed by atoms with van der Waals surface area (Å²) in [6.07, 6.45) is 3.75. The number of hydrogen-bond donors (Lipinski definition) is 1. The molecule has 0 radical (unpaired) electrons. The average Bonchev–Trinajstić information content (AvgIpc) is 3.39. The number of likely N-dealkylation sites (tertiary alicyclic amines) is 1. The number of aliphatic carboxylic acids is 1. The molecule has 2 aromatic carbocycles. The van der Waals surface area contributed by atoms with Gasteiger partial charge in [-0.05, 0) is 68.6 Å². The van der Waals surface area contributed by atoms with E-state index in [0.29, 0.717) is 6.54 Å². The summed E-state index contributed by atoms with van der Waals surface area (Å²) < 4.78 is 5.71. The molecule has 1 aliphatic heterocycles. The zero-order valence-electron chi connectivity index (χ0n) is 17.2. The van der Waals surface area contributed by atoms with Gasteiger partial charge in [-0.1, -0.05) is 24.3 Å². The van der Waals surface area contributed by atoms with E-state index in [0.717, 1.165) is 51.7 Å². The molecule has 156 valence electrons. The lowest BCUT2D eigenvalue weighted by Gasteiger charge is -2.21. The van der Waals surface area contributed by atoms with Crippen molar-refractivity contribution in [3.63, 3.8) is 0 Å². The summed E-state index contributed by atoms with van der Waals surface area (Å²) in [5.41, 5.74) is 3.33. The van der Waals surface area contributed by atoms with Gasteiger partial charge in [0.1, 0.15) is 16.8 Å². The van der Waals surface area contributed by atoms with E-state index in [-0.39, 0.29) is 12.1 Å². The van der Waals surface area contributed by atoms with Gasteiger partial charge in [0, 0.05) is 18.3 Å². The molecule has 0 bridgehead atoms. The van der Waals surface area contributed by atoms with Gasteiger partial charge in [-0.3, -0.25) is 9.69 Å². The van der Waals surface area contributed by atoms with Crippen molar-refractivity contribution in [2.45, 2.75) is 45.4 Å². The largest absolute Gasteiger partial charge is 0.491 e. The van der Waals surface area contributed by atoms with Crippen molar-refractivity contribution in [1.29, 1.82) is 0 Å². The predicted octanol–water partition coefficient (Wildman–Crippen LogP) is 5.31. The molecule has 3 aromatic rings. The lowest BCUT2D eigenvalue weighted by Crippen LogP contribution is -2.35. The third-order valence-corrected chi connectivity index (χ3v) is 6.35. The minimum absolute atomic E-state index is 0.161. The van der Waals surface area contributed by atoms with Crippen molar-refractivity contribution < 1.29 is 14.6 Å². The highest BCUT2D eigenvalue weighted by Crippen LogP contribution is 2.33.